The van der Waals surface area contributed by atoms with Gasteiger partial charge in [0.1, 0.15) is 0 Å². The van der Waals surface area contributed by atoms with Gasteiger partial charge in [-0.05, 0) is 143 Å². The number of nitrogens with zero attached hydrogens (tertiary/aromatic N) is 2. The molecule has 0 saturated heterocycles. The molecule has 1 heterocycles. The summed E-state index contributed by atoms with van der Waals surface area (Å²) in [6, 6.07) is 49.3. The molecule has 6 bridgehead atoms. The Balaban J connectivity index is 1.51. The molecule has 0 radical (unpaired) electrons. The summed E-state index contributed by atoms with van der Waals surface area (Å²) in [5, 5.41) is 7.74. The maximum atomic E-state index is 2.54. The molecule has 8 aromatic carbocycles. The second kappa shape index (κ2) is 11.9. The molecule has 264 valence electrons. The normalized spacial score (nSPS) is 14.8. The van der Waals surface area contributed by atoms with E-state index in [0.29, 0.717) is 0 Å². The van der Waals surface area contributed by atoms with Crippen molar-refractivity contribution in [2.24, 2.45) is 0 Å². The molecule has 0 aliphatic carbocycles. The minimum atomic E-state index is -1.37. The fourth-order valence-electron chi connectivity index (χ4n) is 8.63. The van der Waals surface area contributed by atoms with Crippen molar-refractivity contribution in [3.05, 3.63) is 155 Å². The predicted molar refractivity (Wildman–Crippen MR) is 233 cm³/mol. The van der Waals surface area contributed by atoms with Crippen molar-refractivity contribution in [2.75, 3.05) is 22.3 Å². The van der Waals surface area contributed by atoms with Crippen molar-refractivity contribution < 1.29 is 0 Å². The maximum Gasteiger partial charge on any atom is 0.0561 e. The molecule has 0 saturated carbocycles. The molecule has 1 aliphatic heterocycles. The Labute approximate surface area is 316 Å². The van der Waals surface area contributed by atoms with Gasteiger partial charge in [-0.25, -0.2) is 0 Å². The SMILES string of the molecule is Cc1ccc(N2c3cccc(c3)S(C)(C)c3cccc(c3)N(c3ccc(C)cc3C)c3cc2c2ccc4cc(C(C)(C)C)cc5ccc3c2c45)c(C)c1. The summed E-state index contributed by atoms with van der Waals surface area (Å²) in [4.78, 5) is 7.82. The van der Waals surface area contributed by atoms with Crippen LogP contribution >= 0.6 is 10.0 Å². The molecule has 0 amide bonds. The highest BCUT2D eigenvalue weighted by Gasteiger charge is 2.29. The van der Waals surface area contributed by atoms with Gasteiger partial charge in [-0.2, -0.15) is 10.0 Å². The number of hydrogen-bond donors (Lipinski definition) is 0. The van der Waals surface area contributed by atoms with E-state index >= 15 is 0 Å². The average molecular weight is 709 g/mol. The lowest BCUT2D eigenvalue weighted by Crippen LogP contribution is -2.17. The molecular weight excluding hydrogens is 661 g/mol. The maximum absolute atomic E-state index is 2.54. The molecule has 0 aromatic heterocycles. The van der Waals surface area contributed by atoms with Crippen molar-refractivity contribution in [1.82, 2.24) is 0 Å². The zero-order valence-electron chi connectivity index (χ0n) is 32.4. The van der Waals surface area contributed by atoms with Gasteiger partial charge in [-0.1, -0.05) is 105 Å². The first-order valence-corrected chi connectivity index (χ1v) is 21.2. The zero-order chi connectivity index (χ0) is 37.0. The van der Waals surface area contributed by atoms with Crippen LogP contribution in [-0.2, 0) is 5.41 Å². The topological polar surface area (TPSA) is 6.48 Å². The van der Waals surface area contributed by atoms with Crippen LogP contribution in [0.3, 0.4) is 0 Å². The van der Waals surface area contributed by atoms with Crippen LogP contribution in [0.4, 0.5) is 34.1 Å². The van der Waals surface area contributed by atoms with Crippen molar-refractivity contribution >= 4 is 76.5 Å². The molecule has 0 atom stereocenters. The second-order valence-corrected chi connectivity index (χ2v) is 20.2. The van der Waals surface area contributed by atoms with Gasteiger partial charge in [0, 0.05) is 38.9 Å². The highest BCUT2D eigenvalue weighted by molar-refractivity contribution is 8.32. The minimum Gasteiger partial charge on any atom is -0.309 e. The lowest BCUT2D eigenvalue weighted by Gasteiger charge is -2.38. The Morgan fingerprint density at radius 1 is 0.453 bits per heavy atom. The molecular formula is C50H48N2S. The van der Waals surface area contributed by atoms with E-state index in [9.17, 15) is 0 Å². The summed E-state index contributed by atoms with van der Waals surface area (Å²) in [6.07, 6.45) is 4.89. The van der Waals surface area contributed by atoms with Gasteiger partial charge in [0.15, 0.2) is 0 Å². The third kappa shape index (κ3) is 5.31. The minimum absolute atomic E-state index is 0.0415. The van der Waals surface area contributed by atoms with Crippen molar-refractivity contribution in [3.63, 3.8) is 0 Å². The smallest absolute Gasteiger partial charge is 0.0561 e. The van der Waals surface area contributed by atoms with Crippen LogP contribution in [0.25, 0.3) is 32.3 Å². The van der Waals surface area contributed by atoms with Gasteiger partial charge in [0.2, 0.25) is 0 Å². The molecule has 0 fully saturated rings. The Morgan fingerprint density at radius 3 is 1.36 bits per heavy atom. The molecule has 0 spiro atoms. The number of hydrogen-bond acceptors (Lipinski definition) is 2. The summed E-state index contributed by atoms with van der Waals surface area (Å²) in [6.45, 7) is 15.8. The molecule has 1 aliphatic rings. The van der Waals surface area contributed by atoms with E-state index in [1.54, 1.807) is 0 Å². The lowest BCUT2D eigenvalue weighted by molar-refractivity contribution is 0.591. The summed E-state index contributed by atoms with van der Waals surface area (Å²) in [5.74, 6) is 0. The highest BCUT2D eigenvalue weighted by atomic mass is 32.3. The molecule has 53 heavy (non-hydrogen) atoms. The standard InChI is InChI=1S/C50H48N2S/c1-31-16-22-44(33(3)24-31)51-38-12-10-14-40(28-38)53(8,9)41-15-11-13-39(29-41)52(45-23-17-32(2)25-34(45)4)47-30-46(51)42-20-18-35-26-37(50(5,6)7)27-36-19-21-43(47)49(42)48(35)36/h10-30H,1-9H3. The van der Waals surface area contributed by atoms with Crippen LogP contribution in [0.2, 0.25) is 0 Å². The fourth-order valence-corrected chi connectivity index (χ4v) is 10.6. The summed E-state index contributed by atoms with van der Waals surface area (Å²) >= 11 is 0. The van der Waals surface area contributed by atoms with Gasteiger partial charge in [0.05, 0.1) is 11.4 Å². The number of benzene rings is 8. The molecule has 0 N–H and O–H groups in total. The van der Waals surface area contributed by atoms with Gasteiger partial charge in [-0.3, -0.25) is 0 Å². The summed E-state index contributed by atoms with van der Waals surface area (Å²) in [5.41, 5.74) is 13.6. The molecule has 3 heteroatoms. The molecule has 8 aromatic rings. The Kier molecular flexibility index (Phi) is 7.53. The predicted octanol–water partition coefficient (Wildman–Crippen LogP) is 14.9. The monoisotopic (exact) mass is 708 g/mol. The molecule has 2 nitrogen and oxygen atoms in total. The summed E-state index contributed by atoms with van der Waals surface area (Å²) in [7, 11) is -1.37. The first-order chi connectivity index (χ1) is 25.3. The number of aryl methyl sites for hydroxylation is 4. The van der Waals surface area contributed by atoms with Gasteiger partial charge in [-0.15, -0.1) is 0 Å². The number of rotatable bonds is 2. The Bertz CT molecular complexity index is 2580. The third-order valence-electron chi connectivity index (χ3n) is 11.5. The first kappa shape index (κ1) is 33.6. The van der Waals surface area contributed by atoms with E-state index in [0.717, 1.165) is 0 Å². The number of anilines is 6. The van der Waals surface area contributed by atoms with Crippen molar-refractivity contribution in [2.45, 2.75) is 63.7 Å². The molecule has 0 unspecified atom stereocenters. The van der Waals surface area contributed by atoms with E-state index < -0.39 is 10.0 Å². The average Bonchev–Trinajstić information content (AvgIpc) is 3.12. The Hall–Kier alpha value is -5.25. The van der Waals surface area contributed by atoms with Crippen LogP contribution in [0.15, 0.2) is 137 Å². The Morgan fingerprint density at radius 2 is 0.925 bits per heavy atom. The van der Waals surface area contributed by atoms with Gasteiger partial charge < -0.3 is 9.80 Å². The first-order valence-electron chi connectivity index (χ1n) is 18.7. The van der Waals surface area contributed by atoms with Crippen LogP contribution in [-0.4, -0.2) is 12.5 Å². The summed E-state index contributed by atoms with van der Waals surface area (Å²) < 4.78 is 0. The molecule has 9 rings (SSSR count). The van der Waals surface area contributed by atoms with Crippen LogP contribution in [0, 0.1) is 27.7 Å². The van der Waals surface area contributed by atoms with Gasteiger partial charge >= 0.3 is 0 Å². The van der Waals surface area contributed by atoms with E-state index in [-0.39, 0.29) is 5.41 Å². The third-order valence-corrected chi connectivity index (χ3v) is 14.4. The van der Waals surface area contributed by atoms with Crippen LogP contribution in [0.1, 0.15) is 48.6 Å². The fraction of sp³-hybridized carbons (Fsp3) is 0.200. The largest absolute Gasteiger partial charge is 0.309 e. The quantitative estimate of drug-likeness (QED) is 0.165. The van der Waals surface area contributed by atoms with E-state index in [1.165, 1.54) is 104 Å². The van der Waals surface area contributed by atoms with E-state index in [4.69, 9.17) is 0 Å². The van der Waals surface area contributed by atoms with Crippen LogP contribution in [0.5, 0.6) is 0 Å². The second-order valence-electron chi connectivity index (χ2n) is 16.6. The number of fused-ring (bicyclic) bond motifs is 8. The van der Waals surface area contributed by atoms with Crippen LogP contribution < -0.4 is 9.80 Å². The zero-order valence-corrected chi connectivity index (χ0v) is 33.2. The van der Waals surface area contributed by atoms with Gasteiger partial charge in [0.25, 0.3) is 0 Å². The van der Waals surface area contributed by atoms with E-state index in [1.807, 2.05) is 0 Å². The van der Waals surface area contributed by atoms with Crippen molar-refractivity contribution in [1.29, 1.82) is 0 Å². The van der Waals surface area contributed by atoms with E-state index in [2.05, 4.69) is 198 Å². The highest BCUT2D eigenvalue weighted by Crippen LogP contribution is 2.60. The van der Waals surface area contributed by atoms with Crippen molar-refractivity contribution in [3.8, 4) is 0 Å². The lowest BCUT2D eigenvalue weighted by atomic mass is 9.83.